The minimum Gasteiger partial charge on any atom is -0.285 e. The van der Waals surface area contributed by atoms with Crippen LogP contribution in [0.5, 0.6) is 0 Å². The van der Waals surface area contributed by atoms with Gasteiger partial charge in [0.25, 0.3) is 21.9 Å². The zero-order valence-electron chi connectivity index (χ0n) is 11.0. The predicted molar refractivity (Wildman–Crippen MR) is 66.5 cm³/mol. The molecule has 1 N–H and O–H groups in total. The van der Waals surface area contributed by atoms with Gasteiger partial charge in [0.1, 0.15) is 0 Å². The summed E-state index contributed by atoms with van der Waals surface area (Å²) in [6.07, 6.45) is 2.69. The van der Waals surface area contributed by atoms with Crippen molar-refractivity contribution in [2.24, 2.45) is 0 Å². The molecule has 0 aliphatic carbocycles. The van der Waals surface area contributed by atoms with Gasteiger partial charge in [0.15, 0.2) is 5.25 Å². The molecule has 1 fully saturated rings. The first-order chi connectivity index (χ1) is 8.77. The summed E-state index contributed by atoms with van der Waals surface area (Å²) in [5, 5.41) is -1.27. The highest BCUT2D eigenvalue weighted by Crippen LogP contribution is 2.21. The number of hydrogen-bond acceptors (Lipinski definition) is 5. The second-order valence-electron chi connectivity index (χ2n) is 4.65. The molecular formula is C11H19NO6S. The van der Waals surface area contributed by atoms with E-state index in [1.165, 1.54) is 0 Å². The van der Waals surface area contributed by atoms with Crippen molar-refractivity contribution in [2.45, 2.75) is 57.3 Å². The molecular weight excluding hydrogens is 274 g/mol. The van der Waals surface area contributed by atoms with Crippen molar-refractivity contribution in [2.75, 3.05) is 0 Å². The van der Waals surface area contributed by atoms with Crippen LogP contribution in [0.1, 0.15) is 46.0 Å². The maximum Gasteiger partial charge on any atom is 0.277 e. The number of imide groups is 1. The van der Waals surface area contributed by atoms with Crippen LogP contribution in [0.3, 0.4) is 0 Å². The zero-order valence-corrected chi connectivity index (χ0v) is 11.9. The van der Waals surface area contributed by atoms with Crippen LogP contribution in [-0.2, 0) is 24.5 Å². The van der Waals surface area contributed by atoms with E-state index in [9.17, 15) is 18.0 Å². The fraction of sp³-hybridized carbons (Fsp3) is 0.818. The third-order valence-corrected chi connectivity index (χ3v) is 4.01. The summed E-state index contributed by atoms with van der Waals surface area (Å²) < 4.78 is 30.7. The molecule has 0 radical (unpaired) electrons. The Bertz CT molecular complexity index is 446. The largest absolute Gasteiger partial charge is 0.285 e. The zero-order chi connectivity index (χ0) is 14.6. The Balaban J connectivity index is 2.59. The minimum atomic E-state index is -4.57. The van der Waals surface area contributed by atoms with Gasteiger partial charge in [-0.3, -0.25) is 19.0 Å². The van der Waals surface area contributed by atoms with Crippen LogP contribution < -0.4 is 0 Å². The van der Waals surface area contributed by atoms with E-state index in [0.717, 1.165) is 19.3 Å². The van der Waals surface area contributed by atoms with Gasteiger partial charge in [-0.25, -0.2) is 0 Å². The van der Waals surface area contributed by atoms with E-state index in [1.54, 1.807) is 6.92 Å². The Labute approximate surface area is 112 Å². The van der Waals surface area contributed by atoms with Crippen molar-refractivity contribution in [3.05, 3.63) is 0 Å². The molecule has 1 heterocycles. The fourth-order valence-corrected chi connectivity index (χ4v) is 2.54. The number of hydrogen-bond donors (Lipinski definition) is 1. The summed E-state index contributed by atoms with van der Waals surface area (Å²) in [5.41, 5.74) is 0. The van der Waals surface area contributed by atoms with Crippen molar-refractivity contribution < 1.29 is 27.4 Å². The first-order valence-corrected chi connectivity index (χ1v) is 7.77. The molecule has 0 aromatic heterocycles. The first-order valence-electron chi connectivity index (χ1n) is 6.27. The van der Waals surface area contributed by atoms with E-state index in [-0.39, 0.29) is 6.10 Å². The number of carbonyl (C=O) groups excluding carboxylic acids is 2. The number of unbranched alkanes of at least 4 members (excludes halogenated alkanes) is 2. The van der Waals surface area contributed by atoms with Gasteiger partial charge in [-0.2, -0.15) is 13.5 Å². The van der Waals surface area contributed by atoms with Crippen molar-refractivity contribution in [3.8, 4) is 0 Å². The van der Waals surface area contributed by atoms with E-state index in [4.69, 9.17) is 9.39 Å². The van der Waals surface area contributed by atoms with Gasteiger partial charge in [0.05, 0.1) is 12.5 Å². The van der Waals surface area contributed by atoms with Gasteiger partial charge in [0.2, 0.25) is 0 Å². The molecule has 2 unspecified atom stereocenters. The topological polar surface area (TPSA) is 101 Å². The van der Waals surface area contributed by atoms with E-state index >= 15 is 0 Å². The Morgan fingerprint density at radius 3 is 2.53 bits per heavy atom. The second kappa shape index (κ2) is 6.44. The van der Waals surface area contributed by atoms with Crippen LogP contribution in [0.25, 0.3) is 0 Å². The van der Waals surface area contributed by atoms with Crippen molar-refractivity contribution in [3.63, 3.8) is 0 Å². The molecule has 1 aliphatic rings. The van der Waals surface area contributed by atoms with Crippen LogP contribution in [0, 0.1) is 0 Å². The molecule has 7 nitrogen and oxygen atoms in total. The molecule has 19 heavy (non-hydrogen) atoms. The van der Waals surface area contributed by atoms with Gasteiger partial charge in [-0.1, -0.05) is 26.2 Å². The lowest BCUT2D eigenvalue weighted by Crippen LogP contribution is -2.37. The molecule has 1 rings (SSSR count). The van der Waals surface area contributed by atoms with Crippen molar-refractivity contribution in [1.29, 1.82) is 0 Å². The highest BCUT2D eigenvalue weighted by molar-refractivity contribution is 7.87. The molecule has 0 spiro atoms. The SMILES string of the molecule is CCCCCC(C)ON1C(=O)CC(S(=O)(=O)O)C1=O. The smallest absolute Gasteiger partial charge is 0.277 e. The van der Waals surface area contributed by atoms with Crippen LogP contribution >= 0.6 is 0 Å². The molecule has 8 heteroatoms. The average molecular weight is 293 g/mol. The first kappa shape index (κ1) is 16.1. The third-order valence-electron chi connectivity index (χ3n) is 2.92. The Hall–Kier alpha value is -0.990. The van der Waals surface area contributed by atoms with Crippen LogP contribution in [0.2, 0.25) is 0 Å². The van der Waals surface area contributed by atoms with Crippen molar-refractivity contribution in [1.82, 2.24) is 5.06 Å². The molecule has 110 valence electrons. The summed E-state index contributed by atoms with van der Waals surface area (Å²) >= 11 is 0. The maximum atomic E-state index is 11.7. The van der Waals surface area contributed by atoms with Gasteiger partial charge >= 0.3 is 0 Å². The Morgan fingerprint density at radius 1 is 1.42 bits per heavy atom. The summed E-state index contributed by atoms with van der Waals surface area (Å²) in [5.74, 6) is -1.76. The number of rotatable bonds is 7. The molecule has 1 aliphatic heterocycles. The predicted octanol–water partition coefficient (Wildman–Crippen LogP) is 0.902. The van der Waals surface area contributed by atoms with Crippen molar-refractivity contribution >= 4 is 21.9 Å². The Morgan fingerprint density at radius 2 is 2.05 bits per heavy atom. The molecule has 2 amide bonds. The Kier molecular flexibility index (Phi) is 5.45. The summed E-state index contributed by atoms with van der Waals surface area (Å²) in [6.45, 7) is 3.76. The number of amides is 2. The highest BCUT2D eigenvalue weighted by Gasteiger charge is 2.47. The average Bonchev–Trinajstić information content (AvgIpc) is 2.57. The van der Waals surface area contributed by atoms with Crippen LogP contribution in [-0.4, -0.2) is 41.2 Å². The van der Waals surface area contributed by atoms with E-state index in [1.807, 2.05) is 0 Å². The van der Waals surface area contributed by atoms with E-state index < -0.39 is 33.6 Å². The summed E-state index contributed by atoms with van der Waals surface area (Å²) in [7, 11) is -4.57. The molecule has 0 saturated carbocycles. The fourth-order valence-electron chi connectivity index (χ4n) is 1.84. The van der Waals surface area contributed by atoms with Gasteiger partial charge in [-0.05, 0) is 13.3 Å². The maximum absolute atomic E-state index is 11.7. The second-order valence-corrected chi connectivity index (χ2v) is 6.24. The lowest BCUT2D eigenvalue weighted by Gasteiger charge is -2.19. The van der Waals surface area contributed by atoms with Crippen LogP contribution in [0.15, 0.2) is 0 Å². The molecule has 1 saturated heterocycles. The molecule has 0 aromatic rings. The van der Waals surface area contributed by atoms with Gasteiger partial charge < -0.3 is 0 Å². The summed E-state index contributed by atoms with van der Waals surface area (Å²) in [4.78, 5) is 28.3. The van der Waals surface area contributed by atoms with E-state index in [0.29, 0.717) is 11.5 Å². The molecule has 0 aromatic carbocycles. The van der Waals surface area contributed by atoms with Gasteiger partial charge in [-0.15, -0.1) is 0 Å². The lowest BCUT2D eigenvalue weighted by molar-refractivity contribution is -0.201. The third kappa shape index (κ3) is 4.26. The van der Waals surface area contributed by atoms with Crippen LogP contribution in [0.4, 0.5) is 0 Å². The normalized spacial score (nSPS) is 22.1. The monoisotopic (exact) mass is 293 g/mol. The lowest BCUT2D eigenvalue weighted by atomic mass is 10.1. The number of carbonyl (C=O) groups is 2. The number of hydroxylamine groups is 2. The standard InChI is InChI=1S/C11H19NO6S/c1-3-4-5-6-8(2)18-12-10(13)7-9(11(12)14)19(15,16)17/h8-9H,3-7H2,1-2H3,(H,15,16,17). The molecule has 2 atom stereocenters. The quantitative estimate of drug-likeness (QED) is 0.425. The summed E-state index contributed by atoms with van der Waals surface area (Å²) in [6, 6.07) is 0. The highest BCUT2D eigenvalue weighted by atomic mass is 32.2. The van der Waals surface area contributed by atoms with E-state index in [2.05, 4.69) is 6.92 Å². The van der Waals surface area contributed by atoms with Gasteiger partial charge in [0, 0.05) is 0 Å². The minimum absolute atomic E-state index is 0.361. The number of nitrogens with zero attached hydrogens (tertiary/aromatic N) is 1. The molecule has 0 bridgehead atoms.